The minimum atomic E-state index is 0.116. The molecule has 3 rings (SSSR count). The van der Waals surface area contributed by atoms with Crippen LogP contribution in [0.25, 0.3) is 11.0 Å². The van der Waals surface area contributed by atoms with Gasteiger partial charge in [0.15, 0.2) is 0 Å². The number of para-hydroxylation sites is 1. The van der Waals surface area contributed by atoms with E-state index in [0.29, 0.717) is 0 Å². The molecule has 96 valence electrons. The summed E-state index contributed by atoms with van der Waals surface area (Å²) in [6.07, 6.45) is 5.03. The zero-order valence-corrected chi connectivity index (χ0v) is 11.7. The first-order valence-corrected chi connectivity index (χ1v) is 7.21. The minimum Gasteiger partial charge on any atom is -0.458 e. The summed E-state index contributed by atoms with van der Waals surface area (Å²) < 4.78 is 6.91. The lowest BCUT2D eigenvalue weighted by atomic mass is 10.1. The van der Waals surface area contributed by atoms with Gasteiger partial charge in [-0.25, -0.2) is 5.43 Å². The Morgan fingerprint density at radius 1 is 1.44 bits per heavy atom. The number of nitrogens with two attached hydrogens (primary N) is 1. The fraction of sp³-hybridized carbons (Fsp3) is 0.429. The summed E-state index contributed by atoms with van der Waals surface area (Å²) in [5.41, 5.74) is 3.77. The van der Waals surface area contributed by atoms with Crippen molar-refractivity contribution in [3.8, 4) is 0 Å². The van der Waals surface area contributed by atoms with Crippen molar-refractivity contribution in [1.82, 2.24) is 5.43 Å². The first-order chi connectivity index (χ1) is 8.78. The minimum absolute atomic E-state index is 0.116. The molecule has 1 heterocycles. The lowest BCUT2D eigenvalue weighted by Gasteiger charge is -2.12. The molecule has 0 radical (unpaired) electrons. The van der Waals surface area contributed by atoms with Crippen molar-refractivity contribution in [1.29, 1.82) is 0 Å². The molecule has 0 saturated heterocycles. The third kappa shape index (κ3) is 2.46. The maximum Gasteiger partial charge on any atom is 0.148 e. The molecular weight excluding hydrogens is 292 g/mol. The maximum absolute atomic E-state index is 5.92. The van der Waals surface area contributed by atoms with Gasteiger partial charge < -0.3 is 4.42 Å². The molecule has 2 aromatic rings. The van der Waals surface area contributed by atoms with E-state index in [-0.39, 0.29) is 6.04 Å². The van der Waals surface area contributed by atoms with E-state index in [1.165, 1.54) is 19.3 Å². The van der Waals surface area contributed by atoms with Gasteiger partial charge >= 0.3 is 0 Å². The van der Waals surface area contributed by atoms with E-state index >= 15 is 0 Å². The summed E-state index contributed by atoms with van der Waals surface area (Å²) in [5, 5.41) is 1.12. The van der Waals surface area contributed by atoms with Crippen LogP contribution in [0, 0.1) is 5.92 Å². The number of furan rings is 1. The predicted octanol–water partition coefficient (Wildman–Crippen LogP) is 3.89. The van der Waals surface area contributed by atoms with Gasteiger partial charge in [-0.2, -0.15) is 0 Å². The molecule has 18 heavy (non-hydrogen) atoms. The van der Waals surface area contributed by atoms with Gasteiger partial charge in [-0.15, -0.1) is 0 Å². The molecule has 4 heteroatoms. The number of hydrogen-bond acceptors (Lipinski definition) is 3. The quantitative estimate of drug-likeness (QED) is 0.651. The maximum atomic E-state index is 5.92. The zero-order valence-electron chi connectivity index (χ0n) is 10.2. The Morgan fingerprint density at radius 2 is 2.28 bits per heavy atom. The van der Waals surface area contributed by atoms with Crippen LogP contribution in [0.3, 0.4) is 0 Å². The average Bonchev–Trinajstić information content (AvgIpc) is 3.08. The van der Waals surface area contributed by atoms with Gasteiger partial charge in [-0.1, -0.05) is 25.0 Å². The second-order valence-electron chi connectivity index (χ2n) is 5.05. The Balaban J connectivity index is 1.84. The van der Waals surface area contributed by atoms with E-state index in [4.69, 9.17) is 10.3 Å². The third-order valence-corrected chi connectivity index (χ3v) is 4.24. The molecule has 1 atom stereocenters. The second-order valence-corrected chi connectivity index (χ2v) is 5.90. The van der Waals surface area contributed by atoms with E-state index in [1.807, 2.05) is 12.1 Å². The molecule has 0 amide bonds. The SMILES string of the molecule is NNC(CCC1CC1)c1cc2cccc(Br)c2o1. The van der Waals surface area contributed by atoms with Gasteiger partial charge in [0, 0.05) is 5.39 Å². The molecule has 1 aliphatic carbocycles. The molecule has 1 aliphatic rings. The summed E-state index contributed by atoms with van der Waals surface area (Å²) in [4.78, 5) is 0. The van der Waals surface area contributed by atoms with Crippen molar-refractivity contribution in [2.24, 2.45) is 11.8 Å². The predicted molar refractivity (Wildman–Crippen MR) is 75.9 cm³/mol. The van der Waals surface area contributed by atoms with Crippen LogP contribution in [-0.2, 0) is 0 Å². The summed E-state index contributed by atoms with van der Waals surface area (Å²) in [7, 11) is 0. The normalized spacial score (nSPS) is 17.2. The highest BCUT2D eigenvalue weighted by Crippen LogP contribution is 2.37. The van der Waals surface area contributed by atoms with Gasteiger partial charge in [0.2, 0.25) is 0 Å². The number of hydrogen-bond donors (Lipinski definition) is 2. The second kappa shape index (κ2) is 5.03. The molecule has 0 bridgehead atoms. The van der Waals surface area contributed by atoms with Crippen molar-refractivity contribution in [3.63, 3.8) is 0 Å². The highest BCUT2D eigenvalue weighted by atomic mass is 79.9. The number of halogens is 1. The van der Waals surface area contributed by atoms with Crippen molar-refractivity contribution in [2.75, 3.05) is 0 Å². The fourth-order valence-electron chi connectivity index (χ4n) is 2.34. The molecule has 1 unspecified atom stereocenters. The topological polar surface area (TPSA) is 51.2 Å². The highest BCUT2D eigenvalue weighted by molar-refractivity contribution is 9.10. The Kier molecular flexibility index (Phi) is 3.41. The van der Waals surface area contributed by atoms with E-state index in [2.05, 4.69) is 33.5 Å². The Morgan fingerprint density at radius 3 is 2.94 bits per heavy atom. The number of hydrazine groups is 1. The molecule has 3 nitrogen and oxygen atoms in total. The van der Waals surface area contributed by atoms with Crippen LogP contribution in [-0.4, -0.2) is 0 Å². The smallest absolute Gasteiger partial charge is 0.148 e. The van der Waals surface area contributed by atoms with E-state index in [9.17, 15) is 0 Å². The Hall–Kier alpha value is -0.840. The lowest BCUT2D eigenvalue weighted by Crippen LogP contribution is -2.27. The van der Waals surface area contributed by atoms with Crippen molar-refractivity contribution >= 4 is 26.9 Å². The van der Waals surface area contributed by atoms with Gasteiger partial charge in [0.05, 0.1) is 10.5 Å². The molecule has 0 aliphatic heterocycles. The number of benzene rings is 1. The lowest BCUT2D eigenvalue weighted by molar-refractivity contribution is 0.401. The molecule has 1 aromatic heterocycles. The first kappa shape index (κ1) is 12.2. The molecule has 1 aromatic carbocycles. The third-order valence-electron chi connectivity index (χ3n) is 3.62. The summed E-state index contributed by atoms with van der Waals surface area (Å²) in [6, 6.07) is 8.26. The Labute approximate surface area is 115 Å². The number of fused-ring (bicyclic) bond motifs is 1. The van der Waals surface area contributed by atoms with Crippen molar-refractivity contribution < 1.29 is 4.42 Å². The zero-order chi connectivity index (χ0) is 12.5. The standard InChI is InChI=1S/C14H17BrN2O/c15-11-3-1-2-10-8-13(18-14(10)11)12(17-16)7-6-9-4-5-9/h1-3,8-9,12,17H,4-7,16H2. The summed E-state index contributed by atoms with van der Waals surface area (Å²) in [6.45, 7) is 0. The van der Waals surface area contributed by atoms with Crippen LogP contribution >= 0.6 is 15.9 Å². The molecule has 3 N–H and O–H groups in total. The largest absolute Gasteiger partial charge is 0.458 e. The number of rotatable bonds is 5. The van der Waals surface area contributed by atoms with Gasteiger partial charge in [-0.3, -0.25) is 5.84 Å². The molecular formula is C14H17BrN2O. The molecule has 0 spiro atoms. The number of nitrogens with one attached hydrogen (secondary N) is 1. The molecule has 1 fully saturated rings. The van der Waals surface area contributed by atoms with E-state index in [1.54, 1.807) is 0 Å². The van der Waals surface area contributed by atoms with Crippen molar-refractivity contribution in [3.05, 3.63) is 34.5 Å². The van der Waals surface area contributed by atoms with Crippen LogP contribution in [0.5, 0.6) is 0 Å². The Bertz CT molecular complexity index is 548. The van der Waals surface area contributed by atoms with Crippen LogP contribution in [0.2, 0.25) is 0 Å². The molecule has 1 saturated carbocycles. The van der Waals surface area contributed by atoms with Crippen LogP contribution in [0.15, 0.2) is 33.2 Å². The van der Waals surface area contributed by atoms with Gasteiger partial charge in [0.25, 0.3) is 0 Å². The fourth-order valence-corrected chi connectivity index (χ4v) is 2.80. The van der Waals surface area contributed by atoms with Crippen LogP contribution < -0.4 is 11.3 Å². The monoisotopic (exact) mass is 308 g/mol. The van der Waals surface area contributed by atoms with Gasteiger partial charge in [0.1, 0.15) is 11.3 Å². The van der Waals surface area contributed by atoms with Crippen LogP contribution in [0.4, 0.5) is 0 Å². The first-order valence-electron chi connectivity index (χ1n) is 6.42. The van der Waals surface area contributed by atoms with E-state index in [0.717, 1.165) is 33.5 Å². The highest BCUT2D eigenvalue weighted by Gasteiger charge is 2.24. The van der Waals surface area contributed by atoms with Crippen molar-refractivity contribution in [2.45, 2.75) is 31.7 Å². The summed E-state index contributed by atoms with van der Waals surface area (Å²) in [5.74, 6) is 7.49. The average molecular weight is 309 g/mol. The summed E-state index contributed by atoms with van der Waals surface area (Å²) >= 11 is 3.51. The van der Waals surface area contributed by atoms with Crippen LogP contribution in [0.1, 0.15) is 37.5 Å². The van der Waals surface area contributed by atoms with Gasteiger partial charge in [-0.05, 0) is 46.8 Å². The van der Waals surface area contributed by atoms with E-state index < -0.39 is 0 Å².